The molecule has 2 aromatic rings. The topological polar surface area (TPSA) is 36.7 Å². The Labute approximate surface area is 141 Å². The number of piperidine rings is 1. The van der Waals surface area contributed by atoms with Crippen molar-refractivity contribution in [3.05, 3.63) is 46.5 Å². The largest absolute Gasteiger partial charge is 0.468 e. The number of furan rings is 1. The molecule has 1 atom stereocenters. The fraction of sp³-hybridized carbons (Fsp3) is 0.500. The predicted molar refractivity (Wildman–Crippen MR) is 92.1 cm³/mol. The summed E-state index contributed by atoms with van der Waals surface area (Å²) in [6.45, 7) is 5.92. The van der Waals surface area contributed by atoms with Crippen LogP contribution in [-0.4, -0.2) is 35.3 Å². The number of nitrogens with zero attached hydrogens (tertiary/aromatic N) is 2. The molecule has 2 aromatic heterocycles. The summed E-state index contributed by atoms with van der Waals surface area (Å²) < 4.78 is 5.46. The predicted octanol–water partition coefficient (Wildman–Crippen LogP) is 3.60. The maximum Gasteiger partial charge on any atom is 0.236 e. The number of carbonyl (C=O) groups excluding carboxylic acids is 1. The molecule has 1 aliphatic rings. The molecule has 5 heteroatoms. The molecule has 0 spiro atoms. The summed E-state index contributed by atoms with van der Waals surface area (Å²) in [5.41, 5.74) is 0. The minimum absolute atomic E-state index is 0.236. The van der Waals surface area contributed by atoms with Crippen LogP contribution in [0.1, 0.15) is 30.4 Å². The molecular weight excluding hydrogens is 308 g/mol. The van der Waals surface area contributed by atoms with Gasteiger partial charge in [-0.2, -0.15) is 0 Å². The van der Waals surface area contributed by atoms with E-state index in [1.165, 1.54) is 11.3 Å². The number of carbonyl (C=O) groups is 1. The number of rotatable bonds is 6. The molecule has 3 rings (SSSR count). The van der Waals surface area contributed by atoms with E-state index in [0.29, 0.717) is 19.0 Å². The van der Waals surface area contributed by atoms with Gasteiger partial charge in [0.25, 0.3) is 0 Å². The molecule has 0 radical (unpaired) electrons. The molecule has 23 heavy (non-hydrogen) atoms. The van der Waals surface area contributed by atoms with Crippen molar-refractivity contribution in [3.8, 4) is 0 Å². The van der Waals surface area contributed by atoms with Gasteiger partial charge in [-0.25, -0.2) is 0 Å². The summed E-state index contributed by atoms with van der Waals surface area (Å²) in [6.07, 6.45) is 4.04. The van der Waals surface area contributed by atoms with E-state index in [2.05, 4.69) is 29.3 Å². The molecule has 0 aliphatic carbocycles. The summed E-state index contributed by atoms with van der Waals surface area (Å²) in [5.74, 6) is 1.75. The van der Waals surface area contributed by atoms with E-state index in [9.17, 15) is 4.79 Å². The molecule has 3 heterocycles. The average molecular weight is 332 g/mol. The quantitative estimate of drug-likeness (QED) is 0.811. The molecule has 1 saturated heterocycles. The van der Waals surface area contributed by atoms with Crippen LogP contribution in [0.4, 0.5) is 0 Å². The van der Waals surface area contributed by atoms with Crippen LogP contribution in [-0.2, 0) is 17.9 Å². The Kier molecular flexibility index (Phi) is 5.51. The van der Waals surface area contributed by atoms with Crippen molar-refractivity contribution in [2.75, 3.05) is 19.6 Å². The molecule has 1 fully saturated rings. The van der Waals surface area contributed by atoms with Gasteiger partial charge in [0.05, 0.1) is 19.4 Å². The van der Waals surface area contributed by atoms with Gasteiger partial charge >= 0.3 is 0 Å². The number of hydrogen-bond donors (Lipinski definition) is 0. The van der Waals surface area contributed by atoms with Gasteiger partial charge in [0.15, 0.2) is 0 Å². The van der Waals surface area contributed by atoms with Gasteiger partial charge in [0.1, 0.15) is 5.76 Å². The lowest BCUT2D eigenvalue weighted by Gasteiger charge is -2.32. The highest BCUT2D eigenvalue weighted by atomic mass is 32.1. The van der Waals surface area contributed by atoms with Crippen molar-refractivity contribution in [2.45, 2.75) is 32.9 Å². The van der Waals surface area contributed by atoms with E-state index in [1.54, 1.807) is 17.6 Å². The first-order chi connectivity index (χ1) is 11.2. The summed E-state index contributed by atoms with van der Waals surface area (Å²) in [4.78, 5) is 18.1. The third-order valence-electron chi connectivity index (χ3n) is 4.29. The van der Waals surface area contributed by atoms with Crippen LogP contribution in [0, 0.1) is 5.92 Å². The number of amides is 1. The van der Waals surface area contributed by atoms with Crippen LogP contribution in [0.5, 0.6) is 0 Å². The first kappa shape index (κ1) is 16.3. The van der Waals surface area contributed by atoms with Crippen molar-refractivity contribution < 1.29 is 9.21 Å². The van der Waals surface area contributed by atoms with Crippen LogP contribution in [0.15, 0.2) is 40.3 Å². The Balaban J connectivity index is 1.63. The molecule has 0 bridgehead atoms. The van der Waals surface area contributed by atoms with Crippen molar-refractivity contribution in [1.29, 1.82) is 0 Å². The van der Waals surface area contributed by atoms with Gasteiger partial charge < -0.3 is 9.32 Å². The van der Waals surface area contributed by atoms with Crippen molar-refractivity contribution >= 4 is 17.2 Å². The molecule has 4 nitrogen and oxygen atoms in total. The molecule has 0 N–H and O–H groups in total. The number of likely N-dealkylation sites (tertiary alicyclic amines) is 1. The zero-order chi connectivity index (χ0) is 16.1. The second-order valence-electron chi connectivity index (χ2n) is 6.39. The first-order valence-electron chi connectivity index (χ1n) is 8.25. The maximum absolute atomic E-state index is 12.7. The first-order valence-corrected chi connectivity index (χ1v) is 9.13. The van der Waals surface area contributed by atoms with E-state index in [4.69, 9.17) is 4.42 Å². The molecule has 0 saturated carbocycles. The monoisotopic (exact) mass is 332 g/mol. The molecular formula is C18H24N2O2S. The van der Waals surface area contributed by atoms with Gasteiger partial charge in [0, 0.05) is 24.5 Å². The standard InChI is InChI=1S/C18H24N2O2S/c1-15-5-2-8-20(11-15)18(21)14-19(12-16-6-3-9-22-16)13-17-7-4-10-23-17/h3-4,6-7,9-10,15H,2,5,8,11-14H2,1H3. The highest BCUT2D eigenvalue weighted by Crippen LogP contribution is 2.18. The second-order valence-corrected chi connectivity index (χ2v) is 7.42. The smallest absolute Gasteiger partial charge is 0.236 e. The van der Waals surface area contributed by atoms with Crippen molar-refractivity contribution in [2.24, 2.45) is 5.92 Å². The van der Waals surface area contributed by atoms with Gasteiger partial charge in [-0.05, 0) is 42.3 Å². The van der Waals surface area contributed by atoms with E-state index in [1.807, 2.05) is 17.0 Å². The minimum Gasteiger partial charge on any atom is -0.468 e. The molecule has 1 aliphatic heterocycles. The van der Waals surface area contributed by atoms with E-state index in [0.717, 1.165) is 31.8 Å². The van der Waals surface area contributed by atoms with Crippen molar-refractivity contribution in [1.82, 2.24) is 9.80 Å². The van der Waals surface area contributed by atoms with Crippen LogP contribution < -0.4 is 0 Å². The lowest BCUT2D eigenvalue weighted by atomic mass is 10.0. The summed E-state index contributed by atoms with van der Waals surface area (Å²) in [5, 5.41) is 2.08. The van der Waals surface area contributed by atoms with Crippen LogP contribution in [0.3, 0.4) is 0 Å². The summed E-state index contributed by atoms with van der Waals surface area (Å²) in [6, 6.07) is 8.04. The molecule has 124 valence electrons. The fourth-order valence-electron chi connectivity index (χ4n) is 3.12. The van der Waals surface area contributed by atoms with Crippen LogP contribution in [0.2, 0.25) is 0 Å². The second kappa shape index (κ2) is 7.79. The minimum atomic E-state index is 0.236. The molecule has 1 amide bonds. The van der Waals surface area contributed by atoms with E-state index >= 15 is 0 Å². The number of hydrogen-bond acceptors (Lipinski definition) is 4. The van der Waals surface area contributed by atoms with Gasteiger partial charge in [-0.3, -0.25) is 9.69 Å². The Bertz CT molecular complexity index is 558. The normalized spacial score (nSPS) is 18.5. The highest BCUT2D eigenvalue weighted by Gasteiger charge is 2.23. The van der Waals surface area contributed by atoms with Gasteiger partial charge in [-0.1, -0.05) is 13.0 Å². The van der Waals surface area contributed by atoms with E-state index < -0.39 is 0 Å². The number of thiophene rings is 1. The van der Waals surface area contributed by atoms with E-state index in [-0.39, 0.29) is 5.91 Å². The van der Waals surface area contributed by atoms with Crippen molar-refractivity contribution in [3.63, 3.8) is 0 Å². The van der Waals surface area contributed by atoms with Crippen LogP contribution >= 0.6 is 11.3 Å². The third-order valence-corrected chi connectivity index (χ3v) is 5.15. The maximum atomic E-state index is 12.7. The lowest BCUT2D eigenvalue weighted by Crippen LogP contribution is -2.44. The summed E-state index contributed by atoms with van der Waals surface area (Å²) >= 11 is 1.73. The summed E-state index contributed by atoms with van der Waals surface area (Å²) in [7, 11) is 0. The average Bonchev–Trinajstić information content (AvgIpc) is 3.21. The Morgan fingerprint density at radius 3 is 3.00 bits per heavy atom. The third kappa shape index (κ3) is 4.69. The zero-order valence-electron chi connectivity index (χ0n) is 13.6. The van der Waals surface area contributed by atoms with Gasteiger partial charge in [-0.15, -0.1) is 11.3 Å². The fourth-order valence-corrected chi connectivity index (χ4v) is 3.87. The zero-order valence-corrected chi connectivity index (χ0v) is 14.4. The Hall–Kier alpha value is -1.59. The lowest BCUT2D eigenvalue weighted by molar-refractivity contribution is -0.134. The molecule has 1 unspecified atom stereocenters. The van der Waals surface area contributed by atoms with Gasteiger partial charge in [0.2, 0.25) is 5.91 Å². The van der Waals surface area contributed by atoms with Crippen LogP contribution in [0.25, 0.3) is 0 Å². The molecule has 0 aromatic carbocycles. The Morgan fingerprint density at radius 1 is 1.39 bits per heavy atom. The Morgan fingerprint density at radius 2 is 2.30 bits per heavy atom. The highest BCUT2D eigenvalue weighted by molar-refractivity contribution is 7.09. The SMILES string of the molecule is CC1CCCN(C(=O)CN(Cc2ccco2)Cc2cccs2)C1.